The molecule has 0 fully saturated rings. The average molecular weight is 707 g/mol. The minimum Gasteiger partial charge on any atom is -0.491 e. The molecule has 0 bridgehead atoms. The Kier molecular flexibility index (Phi) is 33.5. The summed E-state index contributed by atoms with van der Waals surface area (Å²) in [5.41, 5.74) is 0. The predicted octanol–water partition coefficient (Wildman–Crippen LogP) is 2.42. The van der Waals surface area contributed by atoms with Gasteiger partial charge in [-0.2, -0.15) is 0 Å². The van der Waals surface area contributed by atoms with Crippen molar-refractivity contribution in [3.63, 3.8) is 0 Å². The summed E-state index contributed by atoms with van der Waals surface area (Å²) in [6.07, 6.45) is 1.23. The van der Waals surface area contributed by atoms with Gasteiger partial charge in [0.05, 0.1) is 132 Å². The molecule has 0 aromatic heterocycles. The highest BCUT2D eigenvalue weighted by molar-refractivity contribution is 5.69. The summed E-state index contributed by atoms with van der Waals surface area (Å²) in [6, 6.07) is 9.64. The molecule has 0 saturated carbocycles. The minimum absolute atomic E-state index is 0.0594. The lowest BCUT2D eigenvalue weighted by Crippen LogP contribution is -2.15. The second kappa shape index (κ2) is 36.8. The Hall–Kier alpha value is -2.44. The van der Waals surface area contributed by atoms with Gasteiger partial charge in [0.1, 0.15) is 19.0 Å². The van der Waals surface area contributed by atoms with Crippen molar-refractivity contribution in [3.8, 4) is 5.75 Å². The number of para-hydroxylation sites is 1. The van der Waals surface area contributed by atoms with Gasteiger partial charge in [0, 0.05) is 12.8 Å². The number of esters is 1. The number of carboxylic acids is 1. The van der Waals surface area contributed by atoms with Crippen LogP contribution in [0.25, 0.3) is 0 Å². The summed E-state index contributed by atoms with van der Waals surface area (Å²) in [6.45, 7) is 10.0. The molecule has 0 aliphatic heterocycles. The summed E-state index contributed by atoms with van der Waals surface area (Å²) in [5, 5.41) is 8.55. The Bertz CT molecular complexity index is 846. The van der Waals surface area contributed by atoms with Crippen LogP contribution in [0, 0.1) is 0 Å². The number of aliphatic carboxylic acids is 1. The summed E-state index contributed by atoms with van der Waals surface area (Å²) in [5.74, 6) is -0.375. The zero-order chi connectivity index (χ0) is 35.1. The lowest BCUT2D eigenvalue weighted by atomic mass is 10.2. The molecule has 0 atom stereocenters. The standard InChI is InChI=1S/C34H58O15/c35-33(36)8-4-5-9-34(37)49-31-29-47-27-25-45-23-21-43-19-17-41-15-13-39-11-10-38-12-14-40-16-18-42-20-22-44-24-26-46-28-30-48-32-6-2-1-3-7-32/h1-3,6-7H,4-5,8-31H2,(H,35,36). The third kappa shape index (κ3) is 35.2. The molecule has 0 amide bonds. The fourth-order valence-corrected chi connectivity index (χ4v) is 3.65. The Morgan fingerprint density at radius 3 is 1.06 bits per heavy atom. The lowest BCUT2D eigenvalue weighted by molar-refractivity contribution is -0.146. The van der Waals surface area contributed by atoms with Crippen molar-refractivity contribution in [2.24, 2.45) is 0 Å². The van der Waals surface area contributed by atoms with Crippen molar-refractivity contribution in [2.75, 3.05) is 145 Å². The summed E-state index contributed by atoms with van der Waals surface area (Å²) in [7, 11) is 0. The first-order valence-electron chi connectivity index (χ1n) is 17.0. The molecule has 0 aliphatic carbocycles. The van der Waals surface area contributed by atoms with Gasteiger partial charge in [-0.15, -0.1) is 0 Å². The van der Waals surface area contributed by atoms with Crippen molar-refractivity contribution in [1.29, 1.82) is 0 Å². The largest absolute Gasteiger partial charge is 0.491 e. The molecule has 0 spiro atoms. The Morgan fingerprint density at radius 1 is 0.408 bits per heavy atom. The molecule has 1 aromatic carbocycles. The van der Waals surface area contributed by atoms with Crippen LogP contribution in [0.4, 0.5) is 0 Å². The van der Waals surface area contributed by atoms with E-state index in [1.165, 1.54) is 0 Å². The second-order valence-electron chi connectivity index (χ2n) is 10.1. The van der Waals surface area contributed by atoms with Gasteiger partial charge >= 0.3 is 11.9 Å². The van der Waals surface area contributed by atoms with E-state index in [4.69, 9.17) is 61.9 Å². The molecule has 49 heavy (non-hydrogen) atoms. The molecule has 284 valence electrons. The van der Waals surface area contributed by atoms with Gasteiger partial charge in [0.15, 0.2) is 0 Å². The first kappa shape index (κ1) is 44.6. The fraction of sp³-hybridized carbons (Fsp3) is 0.765. The fourth-order valence-electron chi connectivity index (χ4n) is 3.65. The number of hydrogen-bond acceptors (Lipinski definition) is 14. The van der Waals surface area contributed by atoms with Crippen LogP contribution < -0.4 is 4.74 Å². The molecular weight excluding hydrogens is 648 g/mol. The van der Waals surface area contributed by atoms with E-state index in [1.54, 1.807) is 0 Å². The minimum atomic E-state index is -0.863. The number of unbranched alkanes of at least 4 members (excludes halogenated alkanes) is 1. The number of hydrogen-bond donors (Lipinski definition) is 1. The zero-order valence-corrected chi connectivity index (χ0v) is 28.9. The van der Waals surface area contributed by atoms with Crippen LogP contribution >= 0.6 is 0 Å². The first-order chi connectivity index (χ1) is 24.2. The zero-order valence-electron chi connectivity index (χ0n) is 28.9. The highest BCUT2D eigenvalue weighted by Crippen LogP contribution is 2.07. The van der Waals surface area contributed by atoms with Gasteiger partial charge in [0.2, 0.25) is 0 Å². The normalized spacial score (nSPS) is 11.2. The van der Waals surface area contributed by atoms with E-state index in [9.17, 15) is 9.59 Å². The van der Waals surface area contributed by atoms with E-state index in [1.807, 2.05) is 30.3 Å². The molecule has 0 unspecified atom stereocenters. The first-order valence-corrected chi connectivity index (χ1v) is 17.0. The van der Waals surface area contributed by atoms with Crippen molar-refractivity contribution < 1.29 is 71.5 Å². The van der Waals surface area contributed by atoms with Crippen molar-refractivity contribution >= 4 is 11.9 Å². The quantitative estimate of drug-likeness (QED) is 0.0783. The predicted molar refractivity (Wildman–Crippen MR) is 177 cm³/mol. The van der Waals surface area contributed by atoms with Crippen molar-refractivity contribution in [3.05, 3.63) is 30.3 Å². The van der Waals surface area contributed by atoms with Gasteiger partial charge in [-0.05, 0) is 25.0 Å². The van der Waals surface area contributed by atoms with Crippen LogP contribution in [0.15, 0.2) is 30.3 Å². The van der Waals surface area contributed by atoms with Crippen LogP contribution in [0.5, 0.6) is 5.75 Å². The van der Waals surface area contributed by atoms with Crippen LogP contribution in [-0.4, -0.2) is 162 Å². The topological polar surface area (TPSA) is 165 Å². The average Bonchev–Trinajstić information content (AvgIpc) is 3.10. The van der Waals surface area contributed by atoms with Crippen LogP contribution in [0.2, 0.25) is 0 Å². The number of ether oxygens (including phenoxy) is 12. The summed E-state index contributed by atoms with van der Waals surface area (Å²) >= 11 is 0. The lowest BCUT2D eigenvalue weighted by Gasteiger charge is -2.09. The molecule has 1 N–H and O–H groups in total. The van der Waals surface area contributed by atoms with Gasteiger partial charge in [-0.1, -0.05) is 18.2 Å². The third-order valence-corrected chi connectivity index (χ3v) is 6.10. The number of rotatable bonds is 39. The van der Waals surface area contributed by atoms with E-state index in [0.29, 0.717) is 145 Å². The maximum Gasteiger partial charge on any atom is 0.305 e. The van der Waals surface area contributed by atoms with E-state index >= 15 is 0 Å². The van der Waals surface area contributed by atoms with E-state index < -0.39 is 5.97 Å². The second-order valence-corrected chi connectivity index (χ2v) is 10.1. The molecular formula is C34H58O15. The molecule has 0 heterocycles. The molecule has 0 radical (unpaired) electrons. The third-order valence-electron chi connectivity index (χ3n) is 6.10. The summed E-state index contributed by atoms with van der Waals surface area (Å²) < 4.78 is 65.0. The van der Waals surface area contributed by atoms with Crippen molar-refractivity contribution in [2.45, 2.75) is 25.7 Å². The maximum atomic E-state index is 11.5. The highest BCUT2D eigenvalue weighted by Gasteiger charge is 2.04. The molecule has 0 aliphatic rings. The Balaban J connectivity index is 1.63. The Labute approximate surface area is 290 Å². The molecule has 1 aromatic rings. The van der Waals surface area contributed by atoms with E-state index in [0.717, 1.165) is 5.75 Å². The highest BCUT2D eigenvalue weighted by atomic mass is 16.6. The number of carbonyl (C=O) groups is 2. The van der Waals surface area contributed by atoms with Crippen LogP contribution in [0.3, 0.4) is 0 Å². The SMILES string of the molecule is O=C(O)CCCCC(=O)OCCOCCOCCOCCOCCOCCOCCOCCOCCOCCOCCOc1ccccc1. The Morgan fingerprint density at radius 2 is 0.714 bits per heavy atom. The number of carbonyl (C=O) groups excluding carboxylic acids is 1. The van der Waals surface area contributed by atoms with Crippen LogP contribution in [0.1, 0.15) is 25.7 Å². The maximum absolute atomic E-state index is 11.5. The summed E-state index contributed by atoms with van der Waals surface area (Å²) in [4.78, 5) is 21.9. The molecule has 1 rings (SSSR count). The molecule has 15 heteroatoms. The monoisotopic (exact) mass is 706 g/mol. The van der Waals surface area contributed by atoms with Crippen LogP contribution in [-0.2, 0) is 61.7 Å². The molecule has 0 saturated heterocycles. The number of carboxylic acid groups (broad SMARTS) is 1. The van der Waals surface area contributed by atoms with E-state index in [2.05, 4.69) is 0 Å². The van der Waals surface area contributed by atoms with E-state index in [-0.39, 0.29) is 32.0 Å². The van der Waals surface area contributed by atoms with Gasteiger partial charge < -0.3 is 61.9 Å². The van der Waals surface area contributed by atoms with Gasteiger partial charge in [0.25, 0.3) is 0 Å². The van der Waals surface area contributed by atoms with Gasteiger partial charge in [-0.3, -0.25) is 9.59 Å². The van der Waals surface area contributed by atoms with Crippen molar-refractivity contribution in [1.82, 2.24) is 0 Å². The molecule has 15 nitrogen and oxygen atoms in total. The number of benzene rings is 1. The van der Waals surface area contributed by atoms with Gasteiger partial charge in [-0.25, -0.2) is 0 Å². The smallest absolute Gasteiger partial charge is 0.305 e.